The lowest BCUT2D eigenvalue weighted by Crippen LogP contribution is -2.67. The fourth-order valence-corrected chi connectivity index (χ4v) is 7.27. The Hall–Kier alpha value is -3.99. The minimum atomic E-state index is -2.50. The predicted octanol–water partition coefficient (Wildman–Crippen LogP) is 6.58. The molecule has 2 aliphatic carbocycles. The topological polar surface area (TPSA) is 110 Å². The van der Waals surface area contributed by atoms with Crippen molar-refractivity contribution in [1.82, 2.24) is 15.1 Å². The van der Waals surface area contributed by atoms with Crippen molar-refractivity contribution in [3.63, 3.8) is 0 Å². The second-order valence-electron chi connectivity index (χ2n) is 14.2. The summed E-state index contributed by atoms with van der Waals surface area (Å²) in [7, 11) is 0. The predicted molar refractivity (Wildman–Crippen MR) is 173 cm³/mol. The normalized spacial score (nSPS) is 20.7. The van der Waals surface area contributed by atoms with Gasteiger partial charge in [0, 0.05) is 69.3 Å². The Labute approximate surface area is 273 Å². The number of nitrogens with zero attached hydrogens (tertiary/aromatic N) is 2. The maximum atomic E-state index is 15.5. The van der Waals surface area contributed by atoms with E-state index in [2.05, 4.69) is 10.2 Å². The summed E-state index contributed by atoms with van der Waals surface area (Å²) >= 11 is 0. The Bertz CT molecular complexity index is 1580. The molecule has 8 nitrogen and oxygen atoms in total. The Morgan fingerprint density at radius 3 is 2.40 bits per heavy atom. The number of nitrogens with one attached hydrogen (secondary N) is 3. The highest BCUT2D eigenvalue weighted by molar-refractivity contribution is 6.10. The van der Waals surface area contributed by atoms with Crippen molar-refractivity contribution < 1.29 is 27.5 Å². The quantitative estimate of drug-likeness (QED) is 0.226. The molecule has 2 heterocycles. The van der Waals surface area contributed by atoms with Gasteiger partial charge in [-0.1, -0.05) is 13.8 Å². The molecular weight excluding hydrogens is 607 g/mol. The molecule has 4 aliphatic rings. The molecule has 47 heavy (non-hydrogen) atoms. The van der Waals surface area contributed by atoms with Crippen LogP contribution in [0.5, 0.6) is 11.5 Å². The van der Waals surface area contributed by atoms with E-state index in [0.717, 1.165) is 32.4 Å². The van der Waals surface area contributed by atoms with Crippen LogP contribution in [-0.2, 0) is 11.3 Å². The highest BCUT2D eigenvalue weighted by Crippen LogP contribution is 2.50. The highest BCUT2D eigenvalue weighted by atomic mass is 19.3. The number of amides is 2. The second kappa shape index (κ2) is 12.9. The second-order valence-corrected chi connectivity index (χ2v) is 14.2. The van der Waals surface area contributed by atoms with Crippen LogP contribution in [0.3, 0.4) is 0 Å². The molecule has 0 atom stereocenters. The van der Waals surface area contributed by atoms with Crippen molar-refractivity contribution in [2.45, 2.75) is 70.9 Å². The number of hydrogen-bond donors (Lipinski definition) is 3. The van der Waals surface area contributed by atoms with Crippen molar-refractivity contribution in [3.8, 4) is 11.5 Å². The Kier molecular flexibility index (Phi) is 9.04. The van der Waals surface area contributed by atoms with Crippen LogP contribution in [0.25, 0.3) is 0 Å². The summed E-state index contributed by atoms with van der Waals surface area (Å²) in [5.74, 6) is -2.94. The van der Waals surface area contributed by atoms with E-state index in [1.54, 1.807) is 41.3 Å². The maximum absolute atomic E-state index is 15.5. The van der Waals surface area contributed by atoms with Crippen LogP contribution < -0.4 is 10.1 Å². The van der Waals surface area contributed by atoms with E-state index in [0.29, 0.717) is 42.1 Å². The molecule has 0 aromatic heterocycles. The number of likely N-dealkylation sites (tertiary alicyclic amines) is 2. The number of halogens is 3. The zero-order valence-corrected chi connectivity index (χ0v) is 26.9. The van der Waals surface area contributed by atoms with Crippen molar-refractivity contribution in [1.29, 1.82) is 10.8 Å². The molecule has 0 unspecified atom stereocenters. The zero-order valence-electron chi connectivity index (χ0n) is 26.9. The fraction of sp³-hybridized carbons (Fsp3) is 0.500. The number of carbonyl (C=O) groups excluding carboxylic acids is 2. The number of alkyl halides is 2. The molecule has 2 aliphatic heterocycles. The minimum Gasteiger partial charge on any atom is -0.457 e. The van der Waals surface area contributed by atoms with E-state index in [4.69, 9.17) is 15.6 Å². The average molecular weight is 650 g/mol. The molecule has 2 aromatic carbocycles. The van der Waals surface area contributed by atoms with Gasteiger partial charge in [0.15, 0.2) is 0 Å². The Morgan fingerprint density at radius 2 is 1.79 bits per heavy atom. The smallest absolute Gasteiger partial charge is 0.254 e. The number of hydrogen-bond acceptors (Lipinski definition) is 6. The number of benzene rings is 2. The number of ether oxygens (including phenoxy) is 1. The van der Waals surface area contributed by atoms with Crippen LogP contribution in [-0.4, -0.2) is 71.2 Å². The lowest BCUT2D eigenvalue weighted by molar-refractivity contribution is -0.140. The third-order valence-electron chi connectivity index (χ3n) is 9.88. The van der Waals surface area contributed by atoms with Gasteiger partial charge in [0.05, 0.1) is 11.3 Å². The van der Waals surface area contributed by atoms with Gasteiger partial charge in [-0.25, -0.2) is 13.2 Å². The van der Waals surface area contributed by atoms with Gasteiger partial charge < -0.3 is 30.7 Å². The summed E-state index contributed by atoms with van der Waals surface area (Å²) < 4.78 is 48.0. The summed E-state index contributed by atoms with van der Waals surface area (Å²) in [4.78, 5) is 29.5. The van der Waals surface area contributed by atoms with Crippen molar-refractivity contribution in [3.05, 3.63) is 71.1 Å². The Morgan fingerprint density at radius 1 is 1.09 bits per heavy atom. The van der Waals surface area contributed by atoms with Crippen molar-refractivity contribution >= 4 is 23.2 Å². The summed E-state index contributed by atoms with van der Waals surface area (Å²) in [6.45, 7) is 6.93. The molecule has 2 aromatic rings. The van der Waals surface area contributed by atoms with Gasteiger partial charge in [-0.05, 0) is 90.6 Å². The molecule has 3 N–H and O–H groups in total. The fourth-order valence-electron chi connectivity index (χ4n) is 7.27. The van der Waals surface area contributed by atoms with Gasteiger partial charge in [0.1, 0.15) is 17.3 Å². The van der Waals surface area contributed by atoms with Gasteiger partial charge in [-0.3, -0.25) is 9.59 Å². The van der Waals surface area contributed by atoms with Crippen LogP contribution in [0, 0.1) is 33.9 Å². The van der Waals surface area contributed by atoms with E-state index in [9.17, 15) is 18.4 Å². The molecule has 2 amide bonds. The van der Waals surface area contributed by atoms with E-state index < -0.39 is 17.6 Å². The van der Waals surface area contributed by atoms with Crippen LogP contribution in [0.15, 0.2) is 48.6 Å². The van der Waals surface area contributed by atoms with Crippen LogP contribution >= 0.6 is 0 Å². The molecule has 1 spiro atoms. The number of allylic oxidation sites excluding steroid dienone is 2. The average Bonchev–Trinajstić information content (AvgIpc) is 3.37. The van der Waals surface area contributed by atoms with Gasteiger partial charge in [-0.15, -0.1) is 0 Å². The van der Waals surface area contributed by atoms with Crippen LogP contribution in [0.4, 0.5) is 13.2 Å². The molecule has 0 bridgehead atoms. The zero-order chi connectivity index (χ0) is 33.5. The molecule has 11 heteroatoms. The third kappa shape index (κ3) is 7.45. The number of rotatable bonds is 12. The maximum Gasteiger partial charge on any atom is 0.254 e. The van der Waals surface area contributed by atoms with Gasteiger partial charge >= 0.3 is 0 Å². The highest BCUT2D eigenvalue weighted by Gasteiger charge is 2.54. The lowest BCUT2D eigenvalue weighted by atomic mass is 9.60. The van der Waals surface area contributed by atoms with E-state index in [-0.39, 0.29) is 65.6 Å². The Balaban J connectivity index is 1.10. The molecule has 4 fully saturated rings. The standard InChI is InChI=1S/C36H42F3N5O3/c1-22(2)30(40)9-10-31(41)24-5-7-27(8-6-24)47-32-13-28(29(37)12-25(32)19-44-11-3-4-33(44)45)34(46)42-26-16-35(17-26)20-43(21-35)18-23-14-36(38,39)15-23/h5-10,12-13,22-23,26,40-41H,3-4,11,14-21H2,1-2H3,(H,42,46)/b10-9-,40-30?,41-31?. The summed E-state index contributed by atoms with van der Waals surface area (Å²) in [5, 5.41) is 19.3. The van der Waals surface area contributed by atoms with E-state index in [1.165, 1.54) is 12.1 Å². The largest absolute Gasteiger partial charge is 0.457 e. The van der Waals surface area contributed by atoms with Gasteiger partial charge in [0.2, 0.25) is 11.8 Å². The molecule has 0 radical (unpaired) electrons. The van der Waals surface area contributed by atoms with Crippen molar-refractivity contribution in [2.24, 2.45) is 17.3 Å². The van der Waals surface area contributed by atoms with E-state index in [1.807, 2.05) is 13.8 Å². The lowest BCUT2D eigenvalue weighted by Gasteiger charge is -2.60. The molecule has 6 rings (SSSR count). The number of carbonyl (C=O) groups is 2. The van der Waals surface area contributed by atoms with Crippen LogP contribution in [0.2, 0.25) is 0 Å². The van der Waals surface area contributed by atoms with Gasteiger partial charge in [-0.2, -0.15) is 0 Å². The first-order valence-corrected chi connectivity index (χ1v) is 16.4. The van der Waals surface area contributed by atoms with E-state index >= 15 is 4.39 Å². The first-order chi connectivity index (χ1) is 22.3. The summed E-state index contributed by atoms with van der Waals surface area (Å²) in [5.41, 5.74) is 1.70. The third-order valence-corrected chi connectivity index (χ3v) is 9.88. The summed E-state index contributed by atoms with van der Waals surface area (Å²) in [6.07, 6.45) is 5.84. The molecule has 2 saturated heterocycles. The first kappa shape index (κ1) is 32.9. The van der Waals surface area contributed by atoms with Gasteiger partial charge in [0.25, 0.3) is 5.91 Å². The van der Waals surface area contributed by atoms with Crippen LogP contribution in [0.1, 0.15) is 73.9 Å². The monoisotopic (exact) mass is 649 g/mol. The minimum absolute atomic E-state index is 0.0151. The summed E-state index contributed by atoms with van der Waals surface area (Å²) in [6, 6.07) is 9.38. The van der Waals surface area contributed by atoms with Crippen molar-refractivity contribution in [2.75, 3.05) is 26.2 Å². The SMILES string of the molecule is CC(C)C(=N)/C=C\C(=N)c1ccc(Oc2cc(C(=O)NC3CC4(C3)CN(CC3CC(F)(F)C3)C4)c(F)cc2CN2CCCC2=O)cc1. The molecule has 2 saturated carbocycles. The first-order valence-electron chi connectivity index (χ1n) is 16.4. The molecular formula is C36H42F3N5O3. The molecule has 250 valence electrons.